The SMILES string of the molecule is OCCN1CCN(c2cccnc2)CC1. The lowest BCUT2D eigenvalue weighted by molar-refractivity contribution is 0.189. The van der Waals surface area contributed by atoms with E-state index in [4.69, 9.17) is 5.11 Å². The zero-order valence-electron chi connectivity index (χ0n) is 8.84. The van der Waals surface area contributed by atoms with Crippen molar-refractivity contribution in [1.82, 2.24) is 9.88 Å². The summed E-state index contributed by atoms with van der Waals surface area (Å²) >= 11 is 0. The second-order valence-corrected chi connectivity index (χ2v) is 3.76. The summed E-state index contributed by atoms with van der Waals surface area (Å²) in [5, 5.41) is 8.84. The van der Waals surface area contributed by atoms with Gasteiger partial charge in [-0.25, -0.2) is 0 Å². The number of β-amino-alcohol motifs (C(OH)–C–C–N with tert-alkyl or cyclic N) is 1. The summed E-state index contributed by atoms with van der Waals surface area (Å²) in [4.78, 5) is 8.74. The van der Waals surface area contributed by atoms with Gasteiger partial charge in [-0.3, -0.25) is 9.88 Å². The van der Waals surface area contributed by atoms with E-state index in [1.807, 2.05) is 12.3 Å². The molecule has 0 unspecified atom stereocenters. The monoisotopic (exact) mass is 207 g/mol. The molecule has 1 saturated heterocycles. The summed E-state index contributed by atoms with van der Waals surface area (Å²) in [6, 6.07) is 4.06. The smallest absolute Gasteiger partial charge is 0.0558 e. The molecule has 0 atom stereocenters. The van der Waals surface area contributed by atoms with E-state index < -0.39 is 0 Å². The molecule has 0 bridgehead atoms. The second-order valence-electron chi connectivity index (χ2n) is 3.76. The Labute approximate surface area is 90.1 Å². The van der Waals surface area contributed by atoms with Gasteiger partial charge < -0.3 is 10.0 Å². The average molecular weight is 207 g/mol. The van der Waals surface area contributed by atoms with Crippen molar-refractivity contribution < 1.29 is 5.11 Å². The molecule has 4 nitrogen and oxygen atoms in total. The number of rotatable bonds is 3. The van der Waals surface area contributed by atoms with E-state index in [9.17, 15) is 0 Å². The molecule has 0 saturated carbocycles. The molecule has 1 fully saturated rings. The molecule has 0 amide bonds. The van der Waals surface area contributed by atoms with Crippen LogP contribution in [0.4, 0.5) is 5.69 Å². The number of nitrogens with zero attached hydrogens (tertiary/aromatic N) is 3. The normalized spacial score (nSPS) is 18.1. The third kappa shape index (κ3) is 2.67. The Morgan fingerprint density at radius 1 is 1.27 bits per heavy atom. The molecule has 15 heavy (non-hydrogen) atoms. The number of aliphatic hydroxyl groups excluding tert-OH is 1. The predicted octanol–water partition coefficient (Wildman–Crippen LogP) is 0.196. The van der Waals surface area contributed by atoms with Crippen LogP contribution in [0.25, 0.3) is 0 Å². The molecule has 1 aromatic heterocycles. The fourth-order valence-electron chi connectivity index (χ4n) is 1.91. The second kappa shape index (κ2) is 5.09. The highest BCUT2D eigenvalue weighted by Crippen LogP contribution is 2.13. The van der Waals surface area contributed by atoms with Crippen molar-refractivity contribution in [1.29, 1.82) is 0 Å². The minimum atomic E-state index is 0.257. The van der Waals surface area contributed by atoms with Gasteiger partial charge >= 0.3 is 0 Å². The molecule has 0 radical (unpaired) electrons. The summed E-state index contributed by atoms with van der Waals surface area (Å²) < 4.78 is 0. The van der Waals surface area contributed by atoms with E-state index >= 15 is 0 Å². The Morgan fingerprint density at radius 3 is 2.67 bits per heavy atom. The van der Waals surface area contributed by atoms with Gasteiger partial charge in [0.2, 0.25) is 0 Å². The Balaban J connectivity index is 1.88. The maximum Gasteiger partial charge on any atom is 0.0558 e. The lowest BCUT2D eigenvalue weighted by atomic mass is 10.3. The van der Waals surface area contributed by atoms with Crippen LogP contribution < -0.4 is 4.90 Å². The zero-order valence-corrected chi connectivity index (χ0v) is 8.84. The van der Waals surface area contributed by atoms with Gasteiger partial charge in [0, 0.05) is 38.9 Å². The fraction of sp³-hybridized carbons (Fsp3) is 0.545. The van der Waals surface area contributed by atoms with Gasteiger partial charge in [0.15, 0.2) is 0 Å². The molecule has 0 aromatic carbocycles. The standard InChI is InChI=1S/C11H17N3O/c15-9-8-13-4-6-14(7-5-13)11-2-1-3-12-10-11/h1-3,10,15H,4-9H2. The van der Waals surface area contributed by atoms with Crippen LogP contribution in [0.15, 0.2) is 24.5 Å². The lowest BCUT2D eigenvalue weighted by Crippen LogP contribution is -2.47. The van der Waals surface area contributed by atoms with E-state index in [0.29, 0.717) is 0 Å². The Hall–Kier alpha value is -1.13. The van der Waals surface area contributed by atoms with Gasteiger partial charge in [-0.15, -0.1) is 0 Å². The van der Waals surface area contributed by atoms with Crippen LogP contribution >= 0.6 is 0 Å². The first-order valence-electron chi connectivity index (χ1n) is 5.38. The van der Waals surface area contributed by atoms with Crippen molar-refractivity contribution in [3.05, 3.63) is 24.5 Å². The van der Waals surface area contributed by atoms with E-state index in [0.717, 1.165) is 32.7 Å². The lowest BCUT2D eigenvalue weighted by Gasteiger charge is -2.35. The van der Waals surface area contributed by atoms with Crippen LogP contribution in [-0.4, -0.2) is 54.3 Å². The van der Waals surface area contributed by atoms with Gasteiger partial charge in [0.25, 0.3) is 0 Å². The summed E-state index contributed by atoms with van der Waals surface area (Å²) in [6.45, 7) is 5.13. The van der Waals surface area contributed by atoms with Crippen molar-refractivity contribution >= 4 is 5.69 Å². The molecule has 0 spiro atoms. The first kappa shape index (κ1) is 10.4. The van der Waals surface area contributed by atoms with Gasteiger partial charge in [0.1, 0.15) is 0 Å². The largest absolute Gasteiger partial charge is 0.395 e. The highest BCUT2D eigenvalue weighted by molar-refractivity contribution is 5.43. The van der Waals surface area contributed by atoms with Crippen molar-refractivity contribution in [2.24, 2.45) is 0 Å². The van der Waals surface area contributed by atoms with Gasteiger partial charge in [0.05, 0.1) is 18.5 Å². The molecule has 4 heteroatoms. The summed E-state index contributed by atoms with van der Waals surface area (Å²) in [6.07, 6.45) is 3.70. The van der Waals surface area contributed by atoms with Crippen molar-refractivity contribution in [3.8, 4) is 0 Å². The minimum absolute atomic E-state index is 0.257. The number of hydrogen-bond donors (Lipinski definition) is 1. The topological polar surface area (TPSA) is 39.6 Å². The molecule has 2 rings (SSSR count). The van der Waals surface area contributed by atoms with Crippen molar-refractivity contribution in [2.75, 3.05) is 44.2 Å². The summed E-state index contributed by atoms with van der Waals surface area (Å²) in [5.74, 6) is 0. The molecule has 0 aliphatic carbocycles. The fourth-order valence-corrected chi connectivity index (χ4v) is 1.91. The first-order chi connectivity index (χ1) is 7.40. The third-order valence-corrected chi connectivity index (χ3v) is 2.80. The van der Waals surface area contributed by atoms with E-state index in [2.05, 4.69) is 20.9 Å². The molecule has 82 valence electrons. The summed E-state index contributed by atoms with van der Waals surface area (Å²) in [7, 11) is 0. The third-order valence-electron chi connectivity index (χ3n) is 2.80. The van der Waals surface area contributed by atoms with Crippen LogP contribution in [0.2, 0.25) is 0 Å². The van der Waals surface area contributed by atoms with E-state index in [-0.39, 0.29) is 6.61 Å². The van der Waals surface area contributed by atoms with Crippen LogP contribution in [0, 0.1) is 0 Å². The Morgan fingerprint density at radius 2 is 2.07 bits per heavy atom. The van der Waals surface area contributed by atoms with Gasteiger partial charge in [-0.05, 0) is 12.1 Å². The number of pyridine rings is 1. The van der Waals surface area contributed by atoms with Crippen molar-refractivity contribution in [2.45, 2.75) is 0 Å². The highest BCUT2D eigenvalue weighted by atomic mass is 16.3. The summed E-state index contributed by atoms with van der Waals surface area (Å²) in [5.41, 5.74) is 1.20. The molecule has 1 aliphatic heterocycles. The molecule has 1 aliphatic rings. The first-order valence-corrected chi connectivity index (χ1v) is 5.38. The number of aromatic nitrogens is 1. The average Bonchev–Trinajstić information content (AvgIpc) is 2.32. The number of anilines is 1. The van der Waals surface area contributed by atoms with E-state index in [1.165, 1.54) is 5.69 Å². The van der Waals surface area contributed by atoms with Crippen LogP contribution in [0.1, 0.15) is 0 Å². The molecule has 2 heterocycles. The molecular weight excluding hydrogens is 190 g/mol. The van der Waals surface area contributed by atoms with E-state index in [1.54, 1.807) is 6.20 Å². The predicted molar refractivity (Wildman–Crippen MR) is 60.0 cm³/mol. The van der Waals surface area contributed by atoms with Gasteiger partial charge in [-0.1, -0.05) is 0 Å². The maximum absolute atomic E-state index is 8.84. The minimum Gasteiger partial charge on any atom is -0.395 e. The number of piperazine rings is 1. The number of hydrogen-bond acceptors (Lipinski definition) is 4. The Bertz CT molecular complexity index is 283. The highest BCUT2D eigenvalue weighted by Gasteiger charge is 2.16. The van der Waals surface area contributed by atoms with Crippen LogP contribution in [0.3, 0.4) is 0 Å². The molecule has 1 N–H and O–H groups in total. The molecular formula is C11H17N3O. The molecule has 1 aromatic rings. The van der Waals surface area contributed by atoms with Gasteiger partial charge in [-0.2, -0.15) is 0 Å². The number of aliphatic hydroxyl groups is 1. The maximum atomic E-state index is 8.84. The van der Waals surface area contributed by atoms with Crippen LogP contribution in [-0.2, 0) is 0 Å². The quantitative estimate of drug-likeness (QED) is 0.768. The zero-order chi connectivity index (χ0) is 10.5. The van der Waals surface area contributed by atoms with Crippen molar-refractivity contribution in [3.63, 3.8) is 0 Å². The van der Waals surface area contributed by atoms with Crippen LogP contribution in [0.5, 0.6) is 0 Å². The Kier molecular flexibility index (Phi) is 3.53.